The predicted molar refractivity (Wildman–Crippen MR) is 85.0 cm³/mol. The molecule has 1 aromatic heterocycles. The first-order valence-corrected chi connectivity index (χ1v) is 7.44. The fourth-order valence-corrected chi connectivity index (χ4v) is 2.45. The molecule has 0 aliphatic carbocycles. The Morgan fingerprint density at radius 1 is 1.22 bits per heavy atom. The van der Waals surface area contributed by atoms with E-state index in [1.54, 1.807) is 30.3 Å². The summed E-state index contributed by atoms with van der Waals surface area (Å²) in [7, 11) is 0. The van der Waals surface area contributed by atoms with E-state index < -0.39 is 5.91 Å². The molecule has 0 saturated heterocycles. The molecule has 116 valence electrons. The molecule has 1 amide bonds. The molecular formula is C15H11BrFN5O. The molecule has 23 heavy (non-hydrogen) atoms. The number of carbonyl (C=O) groups excluding carboxylic acids is 1. The first-order valence-electron chi connectivity index (χ1n) is 6.65. The maximum atomic E-state index is 13.3. The normalized spacial score (nSPS) is 10.7. The van der Waals surface area contributed by atoms with E-state index in [2.05, 4.69) is 31.3 Å². The first-order chi connectivity index (χ1) is 11.0. The van der Waals surface area contributed by atoms with Gasteiger partial charge >= 0.3 is 0 Å². The predicted octanol–water partition coefficient (Wildman–Crippen LogP) is 2.39. The topological polar surface area (TPSA) is 86.7 Å². The van der Waals surface area contributed by atoms with Gasteiger partial charge in [0.15, 0.2) is 0 Å². The molecule has 3 aromatic rings. The third-order valence-electron chi connectivity index (χ3n) is 3.18. The molecule has 0 aliphatic heterocycles. The highest BCUT2D eigenvalue weighted by Gasteiger charge is 2.11. The molecule has 0 atom stereocenters. The standard InChI is InChI=1S/C15H11BrFN5O/c16-13-6-5-11(17)7-12(13)15-19-21-22(20-15)8-9-1-3-10(4-2-9)14(18)23/h1-7H,8H2,(H2,18,23). The molecule has 2 aromatic carbocycles. The molecule has 0 spiro atoms. The number of primary amides is 1. The van der Waals surface area contributed by atoms with Crippen molar-refractivity contribution in [2.24, 2.45) is 5.73 Å². The maximum Gasteiger partial charge on any atom is 0.248 e. The number of nitrogens with zero attached hydrogens (tertiary/aromatic N) is 4. The molecule has 8 heteroatoms. The van der Waals surface area contributed by atoms with Crippen molar-refractivity contribution in [2.75, 3.05) is 0 Å². The zero-order valence-corrected chi connectivity index (χ0v) is 13.4. The minimum Gasteiger partial charge on any atom is -0.366 e. The van der Waals surface area contributed by atoms with Gasteiger partial charge in [-0.15, -0.1) is 10.2 Å². The van der Waals surface area contributed by atoms with Gasteiger partial charge in [0.05, 0.1) is 6.54 Å². The van der Waals surface area contributed by atoms with Gasteiger partial charge in [-0.1, -0.05) is 28.1 Å². The maximum absolute atomic E-state index is 13.3. The van der Waals surface area contributed by atoms with Crippen LogP contribution in [0.1, 0.15) is 15.9 Å². The minimum absolute atomic E-state index is 0.324. The van der Waals surface area contributed by atoms with Crippen LogP contribution in [0.15, 0.2) is 46.9 Å². The summed E-state index contributed by atoms with van der Waals surface area (Å²) in [5, 5.41) is 12.1. The fourth-order valence-electron chi connectivity index (χ4n) is 2.02. The van der Waals surface area contributed by atoms with Crippen molar-refractivity contribution in [1.82, 2.24) is 20.2 Å². The van der Waals surface area contributed by atoms with Crippen molar-refractivity contribution in [3.63, 3.8) is 0 Å². The Kier molecular flexibility index (Phi) is 4.16. The zero-order valence-electron chi connectivity index (χ0n) is 11.8. The Balaban J connectivity index is 1.82. The molecular weight excluding hydrogens is 365 g/mol. The fraction of sp³-hybridized carbons (Fsp3) is 0.0667. The number of aromatic nitrogens is 4. The SMILES string of the molecule is NC(=O)c1ccc(Cn2nnc(-c3cc(F)ccc3Br)n2)cc1. The van der Waals surface area contributed by atoms with Gasteiger partial charge < -0.3 is 5.73 Å². The monoisotopic (exact) mass is 375 g/mol. The number of nitrogens with two attached hydrogens (primary N) is 1. The molecule has 6 nitrogen and oxygen atoms in total. The van der Waals surface area contributed by atoms with Crippen molar-refractivity contribution in [3.05, 3.63) is 63.9 Å². The summed E-state index contributed by atoms with van der Waals surface area (Å²) in [6.45, 7) is 0.374. The van der Waals surface area contributed by atoms with Crippen LogP contribution in [0.3, 0.4) is 0 Å². The highest BCUT2D eigenvalue weighted by atomic mass is 79.9. The first kappa shape index (κ1) is 15.3. The van der Waals surface area contributed by atoms with Gasteiger partial charge in [-0.05, 0) is 41.1 Å². The second-order valence-electron chi connectivity index (χ2n) is 4.83. The Labute approximate surface area is 139 Å². The van der Waals surface area contributed by atoms with Gasteiger partial charge in [0.2, 0.25) is 11.7 Å². The van der Waals surface area contributed by atoms with Crippen molar-refractivity contribution in [3.8, 4) is 11.4 Å². The number of tetrazole rings is 1. The Bertz CT molecular complexity index is 863. The molecule has 0 fully saturated rings. The van der Waals surface area contributed by atoms with E-state index in [0.717, 1.165) is 5.56 Å². The lowest BCUT2D eigenvalue weighted by Gasteiger charge is -2.01. The Morgan fingerprint density at radius 3 is 2.65 bits per heavy atom. The second kappa shape index (κ2) is 6.25. The van der Waals surface area contributed by atoms with E-state index in [-0.39, 0.29) is 5.82 Å². The van der Waals surface area contributed by atoms with E-state index in [9.17, 15) is 9.18 Å². The molecule has 1 heterocycles. The molecule has 3 rings (SSSR count). The van der Waals surface area contributed by atoms with Crippen LogP contribution < -0.4 is 5.73 Å². The summed E-state index contributed by atoms with van der Waals surface area (Å²) in [6, 6.07) is 11.1. The van der Waals surface area contributed by atoms with Crippen LogP contribution in [-0.4, -0.2) is 26.1 Å². The van der Waals surface area contributed by atoms with Gasteiger partial charge in [-0.3, -0.25) is 4.79 Å². The van der Waals surface area contributed by atoms with E-state index in [0.29, 0.717) is 28.0 Å². The highest BCUT2D eigenvalue weighted by Crippen LogP contribution is 2.25. The summed E-state index contributed by atoms with van der Waals surface area (Å²) in [5.74, 6) is -0.527. The molecule has 0 bridgehead atoms. The summed E-state index contributed by atoms with van der Waals surface area (Å²) in [5.41, 5.74) is 7.05. The number of halogens is 2. The number of amides is 1. The van der Waals surface area contributed by atoms with Crippen LogP contribution in [-0.2, 0) is 6.54 Å². The largest absolute Gasteiger partial charge is 0.366 e. The zero-order chi connectivity index (χ0) is 16.4. The summed E-state index contributed by atoms with van der Waals surface area (Å²) < 4.78 is 14.0. The van der Waals surface area contributed by atoms with E-state index in [1.807, 2.05) is 0 Å². The average Bonchev–Trinajstić information content (AvgIpc) is 2.98. The number of carbonyl (C=O) groups is 1. The van der Waals surface area contributed by atoms with Crippen molar-refractivity contribution >= 4 is 21.8 Å². The number of hydrogen-bond acceptors (Lipinski definition) is 4. The van der Waals surface area contributed by atoms with Gasteiger partial charge in [-0.25, -0.2) is 4.39 Å². The van der Waals surface area contributed by atoms with Gasteiger partial charge in [0.25, 0.3) is 0 Å². The molecule has 0 unspecified atom stereocenters. The third kappa shape index (κ3) is 3.42. The van der Waals surface area contributed by atoms with Gasteiger partial charge in [-0.2, -0.15) is 4.80 Å². The summed E-state index contributed by atoms with van der Waals surface area (Å²) in [6.07, 6.45) is 0. The summed E-state index contributed by atoms with van der Waals surface area (Å²) in [4.78, 5) is 12.4. The van der Waals surface area contributed by atoms with Gasteiger partial charge in [0, 0.05) is 15.6 Å². The lowest BCUT2D eigenvalue weighted by atomic mass is 10.1. The number of benzene rings is 2. The molecule has 0 radical (unpaired) electrons. The van der Waals surface area contributed by atoms with E-state index >= 15 is 0 Å². The van der Waals surface area contributed by atoms with Crippen LogP contribution in [0, 0.1) is 5.82 Å². The van der Waals surface area contributed by atoms with E-state index in [1.165, 1.54) is 16.9 Å². The van der Waals surface area contributed by atoms with Crippen LogP contribution >= 0.6 is 15.9 Å². The van der Waals surface area contributed by atoms with Crippen LogP contribution in [0.4, 0.5) is 4.39 Å². The molecule has 2 N–H and O–H groups in total. The lowest BCUT2D eigenvalue weighted by molar-refractivity contribution is 0.100. The number of rotatable bonds is 4. The highest BCUT2D eigenvalue weighted by molar-refractivity contribution is 9.10. The van der Waals surface area contributed by atoms with Crippen LogP contribution in [0.2, 0.25) is 0 Å². The Hall–Kier alpha value is -2.61. The van der Waals surface area contributed by atoms with Crippen molar-refractivity contribution in [2.45, 2.75) is 6.54 Å². The quantitative estimate of drug-likeness (QED) is 0.758. The Morgan fingerprint density at radius 2 is 1.96 bits per heavy atom. The lowest BCUT2D eigenvalue weighted by Crippen LogP contribution is -2.11. The average molecular weight is 376 g/mol. The second-order valence-corrected chi connectivity index (χ2v) is 5.68. The van der Waals surface area contributed by atoms with Crippen LogP contribution in [0.25, 0.3) is 11.4 Å². The molecule has 0 saturated carbocycles. The minimum atomic E-state index is -0.478. The molecule has 0 aliphatic rings. The summed E-state index contributed by atoms with van der Waals surface area (Å²) >= 11 is 3.34. The van der Waals surface area contributed by atoms with Crippen molar-refractivity contribution in [1.29, 1.82) is 0 Å². The van der Waals surface area contributed by atoms with Gasteiger partial charge in [0.1, 0.15) is 5.82 Å². The third-order valence-corrected chi connectivity index (χ3v) is 3.88. The number of hydrogen-bond donors (Lipinski definition) is 1. The van der Waals surface area contributed by atoms with Crippen LogP contribution in [0.5, 0.6) is 0 Å². The van der Waals surface area contributed by atoms with E-state index in [4.69, 9.17) is 5.73 Å². The smallest absolute Gasteiger partial charge is 0.248 e. The van der Waals surface area contributed by atoms with Crippen molar-refractivity contribution < 1.29 is 9.18 Å².